The summed E-state index contributed by atoms with van der Waals surface area (Å²) < 4.78 is 24.5. The Morgan fingerprint density at radius 1 is 0.846 bits per heavy atom. The molecule has 0 atom stereocenters. The largest absolute Gasteiger partial charge is 0.492 e. The number of piperazine rings is 1. The molecule has 0 saturated carbocycles. The number of benzene rings is 2. The Morgan fingerprint density at radius 2 is 1.50 bits per heavy atom. The molecule has 0 aromatic heterocycles. The van der Waals surface area contributed by atoms with E-state index in [4.69, 9.17) is 21.1 Å². The molecule has 0 aliphatic carbocycles. The van der Waals surface area contributed by atoms with Gasteiger partial charge in [-0.2, -0.15) is 0 Å². The van der Waals surface area contributed by atoms with Gasteiger partial charge in [0, 0.05) is 45.3 Å². The lowest BCUT2D eigenvalue weighted by Gasteiger charge is -2.34. The standard InChI is InChI=1S/C20H24ClFN2O2/c21-19-6-1-2-7-20(19)26-15-13-24-10-8-23(9-11-24)12-14-25-18-5-3-4-17(22)16-18/h1-7,16H,8-15H2. The first-order valence-corrected chi connectivity index (χ1v) is 9.29. The number of nitrogens with zero attached hydrogens (tertiary/aromatic N) is 2. The molecule has 1 heterocycles. The number of hydrogen-bond acceptors (Lipinski definition) is 4. The normalized spacial score (nSPS) is 15.8. The van der Waals surface area contributed by atoms with Crippen LogP contribution in [0.25, 0.3) is 0 Å². The summed E-state index contributed by atoms with van der Waals surface area (Å²) in [6.07, 6.45) is 0. The van der Waals surface area contributed by atoms with Crippen LogP contribution in [0, 0.1) is 5.82 Å². The van der Waals surface area contributed by atoms with Crippen LogP contribution in [0.15, 0.2) is 48.5 Å². The van der Waals surface area contributed by atoms with Crippen LogP contribution >= 0.6 is 11.6 Å². The van der Waals surface area contributed by atoms with Gasteiger partial charge in [-0.05, 0) is 24.3 Å². The van der Waals surface area contributed by atoms with Gasteiger partial charge in [-0.15, -0.1) is 0 Å². The van der Waals surface area contributed by atoms with Crippen LogP contribution in [-0.2, 0) is 0 Å². The van der Waals surface area contributed by atoms with E-state index in [0.717, 1.165) is 45.0 Å². The molecule has 6 heteroatoms. The molecule has 2 aromatic carbocycles. The van der Waals surface area contributed by atoms with Crippen LogP contribution in [0.2, 0.25) is 5.02 Å². The van der Waals surface area contributed by atoms with Gasteiger partial charge in [0.15, 0.2) is 0 Å². The molecule has 26 heavy (non-hydrogen) atoms. The second kappa shape index (κ2) is 9.76. The maximum atomic E-state index is 13.1. The lowest BCUT2D eigenvalue weighted by Crippen LogP contribution is -2.48. The van der Waals surface area contributed by atoms with Gasteiger partial charge >= 0.3 is 0 Å². The minimum absolute atomic E-state index is 0.268. The summed E-state index contributed by atoms with van der Waals surface area (Å²) in [6, 6.07) is 13.8. The van der Waals surface area contributed by atoms with Gasteiger partial charge in [0.25, 0.3) is 0 Å². The second-order valence-corrected chi connectivity index (χ2v) is 6.68. The molecule has 0 bridgehead atoms. The molecule has 1 aliphatic rings. The number of halogens is 2. The highest BCUT2D eigenvalue weighted by atomic mass is 35.5. The molecule has 1 fully saturated rings. The van der Waals surface area contributed by atoms with Crippen molar-refractivity contribution in [1.82, 2.24) is 9.80 Å². The van der Waals surface area contributed by atoms with Crippen molar-refractivity contribution in [1.29, 1.82) is 0 Å². The van der Waals surface area contributed by atoms with E-state index in [2.05, 4.69) is 9.80 Å². The molecule has 140 valence electrons. The molecule has 3 rings (SSSR count). The molecule has 0 amide bonds. The van der Waals surface area contributed by atoms with Crippen molar-refractivity contribution in [3.8, 4) is 11.5 Å². The van der Waals surface area contributed by atoms with Gasteiger partial charge in [0.05, 0.1) is 5.02 Å². The fourth-order valence-electron chi connectivity index (χ4n) is 2.93. The topological polar surface area (TPSA) is 24.9 Å². The molecule has 0 unspecified atom stereocenters. The van der Waals surface area contributed by atoms with Gasteiger partial charge in [0.2, 0.25) is 0 Å². The van der Waals surface area contributed by atoms with Crippen molar-refractivity contribution >= 4 is 11.6 Å². The molecule has 2 aromatic rings. The Hall–Kier alpha value is -1.82. The highest BCUT2D eigenvalue weighted by Gasteiger charge is 2.16. The summed E-state index contributed by atoms with van der Waals surface area (Å²) in [4.78, 5) is 4.76. The van der Waals surface area contributed by atoms with E-state index < -0.39 is 0 Å². The van der Waals surface area contributed by atoms with E-state index in [-0.39, 0.29) is 5.82 Å². The van der Waals surface area contributed by atoms with Gasteiger partial charge in [0.1, 0.15) is 30.5 Å². The number of para-hydroxylation sites is 1. The Morgan fingerprint density at radius 3 is 2.15 bits per heavy atom. The van der Waals surface area contributed by atoms with Crippen molar-refractivity contribution in [2.75, 3.05) is 52.5 Å². The fraction of sp³-hybridized carbons (Fsp3) is 0.400. The maximum absolute atomic E-state index is 13.1. The minimum atomic E-state index is -0.268. The summed E-state index contributed by atoms with van der Waals surface area (Å²) in [5.41, 5.74) is 0. The SMILES string of the molecule is Fc1cccc(OCCN2CCN(CCOc3ccccc3Cl)CC2)c1. The third kappa shape index (κ3) is 5.87. The lowest BCUT2D eigenvalue weighted by atomic mass is 10.3. The van der Waals surface area contributed by atoms with Crippen LogP contribution in [0.1, 0.15) is 0 Å². The molecular weight excluding hydrogens is 355 g/mol. The first kappa shape index (κ1) is 19.0. The third-order valence-corrected chi connectivity index (χ3v) is 4.75. The van der Waals surface area contributed by atoms with Crippen LogP contribution < -0.4 is 9.47 Å². The fourth-order valence-corrected chi connectivity index (χ4v) is 3.12. The highest BCUT2D eigenvalue weighted by molar-refractivity contribution is 6.32. The molecule has 1 aliphatic heterocycles. The van der Waals surface area contributed by atoms with Gasteiger partial charge < -0.3 is 9.47 Å². The summed E-state index contributed by atoms with van der Waals surface area (Å²) in [6.45, 7) is 6.94. The molecule has 0 radical (unpaired) electrons. The quantitative estimate of drug-likeness (QED) is 0.701. The predicted molar refractivity (Wildman–Crippen MR) is 102 cm³/mol. The van der Waals surface area contributed by atoms with Gasteiger partial charge in [-0.1, -0.05) is 29.8 Å². The van der Waals surface area contributed by atoms with Crippen molar-refractivity contribution in [2.45, 2.75) is 0 Å². The van der Waals surface area contributed by atoms with E-state index in [1.165, 1.54) is 12.1 Å². The Labute approximate surface area is 159 Å². The zero-order valence-corrected chi connectivity index (χ0v) is 15.5. The van der Waals surface area contributed by atoms with Crippen molar-refractivity contribution < 1.29 is 13.9 Å². The van der Waals surface area contributed by atoms with Crippen molar-refractivity contribution in [3.63, 3.8) is 0 Å². The van der Waals surface area contributed by atoms with Crippen molar-refractivity contribution in [3.05, 3.63) is 59.4 Å². The first-order chi connectivity index (χ1) is 12.7. The lowest BCUT2D eigenvalue weighted by molar-refractivity contribution is 0.105. The predicted octanol–water partition coefficient (Wildman–Crippen LogP) is 3.55. The van der Waals surface area contributed by atoms with Crippen LogP contribution in [-0.4, -0.2) is 62.3 Å². The number of ether oxygens (including phenoxy) is 2. The molecule has 0 N–H and O–H groups in total. The Balaban J connectivity index is 1.30. The summed E-state index contributed by atoms with van der Waals surface area (Å²) in [5.74, 6) is 1.05. The van der Waals surface area contributed by atoms with E-state index in [0.29, 0.717) is 24.0 Å². The first-order valence-electron chi connectivity index (χ1n) is 8.91. The molecule has 4 nitrogen and oxygen atoms in total. The van der Waals surface area contributed by atoms with Gasteiger partial charge in [-0.3, -0.25) is 9.80 Å². The summed E-state index contributed by atoms with van der Waals surface area (Å²) in [5, 5.41) is 0.649. The average Bonchev–Trinajstić information content (AvgIpc) is 2.65. The van der Waals surface area contributed by atoms with E-state index in [1.807, 2.05) is 24.3 Å². The molecule has 0 spiro atoms. The monoisotopic (exact) mass is 378 g/mol. The Kier molecular flexibility index (Phi) is 7.12. The van der Waals surface area contributed by atoms with Crippen LogP contribution in [0.3, 0.4) is 0 Å². The van der Waals surface area contributed by atoms with Gasteiger partial charge in [-0.25, -0.2) is 4.39 Å². The number of hydrogen-bond donors (Lipinski definition) is 0. The summed E-state index contributed by atoms with van der Waals surface area (Å²) in [7, 11) is 0. The van der Waals surface area contributed by atoms with E-state index in [9.17, 15) is 4.39 Å². The average molecular weight is 379 g/mol. The van der Waals surface area contributed by atoms with Crippen LogP contribution in [0.5, 0.6) is 11.5 Å². The number of rotatable bonds is 8. The molecule has 1 saturated heterocycles. The van der Waals surface area contributed by atoms with E-state index >= 15 is 0 Å². The zero-order chi connectivity index (χ0) is 18.2. The summed E-state index contributed by atoms with van der Waals surface area (Å²) >= 11 is 6.09. The highest BCUT2D eigenvalue weighted by Crippen LogP contribution is 2.22. The Bertz CT molecular complexity index is 693. The smallest absolute Gasteiger partial charge is 0.137 e. The van der Waals surface area contributed by atoms with E-state index in [1.54, 1.807) is 12.1 Å². The van der Waals surface area contributed by atoms with Crippen LogP contribution in [0.4, 0.5) is 4.39 Å². The minimum Gasteiger partial charge on any atom is -0.492 e. The maximum Gasteiger partial charge on any atom is 0.137 e. The molecular formula is C20H24ClFN2O2. The van der Waals surface area contributed by atoms with Crippen molar-refractivity contribution in [2.24, 2.45) is 0 Å². The second-order valence-electron chi connectivity index (χ2n) is 6.27. The zero-order valence-electron chi connectivity index (χ0n) is 14.7. The third-order valence-electron chi connectivity index (χ3n) is 4.44.